The Hall–Kier alpha value is -3.42. The SMILES string of the molecule is C[C@H](N)C(=O)N[C@@H](CCC(=O)O)C(=O)N1CCC[C@H]1C(=O)N[C@@H](CCCN=C(N)N)C(=O)O. The lowest BCUT2D eigenvalue weighted by Crippen LogP contribution is -2.56. The van der Waals surface area contributed by atoms with Gasteiger partial charge in [-0.25, -0.2) is 4.79 Å². The minimum Gasteiger partial charge on any atom is -0.481 e. The number of aliphatic imine (C=N–C) groups is 1. The van der Waals surface area contributed by atoms with Crippen molar-refractivity contribution in [2.24, 2.45) is 22.2 Å². The van der Waals surface area contributed by atoms with E-state index in [-0.39, 0.29) is 38.3 Å². The van der Waals surface area contributed by atoms with Crippen molar-refractivity contribution in [3.05, 3.63) is 0 Å². The predicted molar refractivity (Wildman–Crippen MR) is 117 cm³/mol. The minimum absolute atomic E-state index is 0.0736. The van der Waals surface area contributed by atoms with E-state index in [9.17, 15) is 29.1 Å². The van der Waals surface area contributed by atoms with Crippen molar-refractivity contribution in [3.63, 3.8) is 0 Å². The molecule has 0 aromatic heterocycles. The zero-order chi connectivity index (χ0) is 25.1. The molecule has 1 heterocycles. The molecule has 14 heteroatoms. The molecule has 3 amide bonds. The summed E-state index contributed by atoms with van der Waals surface area (Å²) in [5.74, 6) is -4.42. The van der Waals surface area contributed by atoms with Crippen LogP contribution in [0.3, 0.4) is 0 Å². The summed E-state index contributed by atoms with van der Waals surface area (Å²) in [7, 11) is 0. The van der Waals surface area contributed by atoms with Crippen molar-refractivity contribution in [2.45, 2.75) is 69.6 Å². The van der Waals surface area contributed by atoms with Gasteiger partial charge in [0.05, 0.1) is 6.04 Å². The van der Waals surface area contributed by atoms with E-state index in [1.165, 1.54) is 11.8 Å². The molecule has 0 aromatic carbocycles. The molecule has 186 valence electrons. The quantitative estimate of drug-likeness (QED) is 0.0831. The highest BCUT2D eigenvalue weighted by atomic mass is 16.4. The average Bonchev–Trinajstić information content (AvgIpc) is 3.21. The van der Waals surface area contributed by atoms with Gasteiger partial charge in [0.2, 0.25) is 17.7 Å². The molecule has 0 spiro atoms. The van der Waals surface area contributed by atoms with Crippen LogP contribution in [-0.4, -0.2) is 88.0 Å². The highest BCUT2D eigenvalue weighted by Gasteiger charge is 2.39. The number of likely N-dealkylation sites (tertiary alicyclic amines) is 1. The number of carbonyl (C=O) groups excluding carboxylic acids is 3. The van der Waals surface area contributed by atoms with Gasteiger partial charge in [0.25, 0.3) is 0 Å². The molecule has 10 N–H and O–H groups in total. The van der Waals surface area contributed by atoms with Gasteiger partial charge >= 0.3 is 11.9 Å². The number of nitrogens with zero attached hydrogens (tertiary/aromatic N) is 2. The lowest BCUT2D eigenvalue weighted by Gasteiger charge is -2.29. The van der Waals surface area contributed by atoms with Crippen molar-refractivity contribution >= 4 is 35.6 Å². The first-order valence-electron chi connectivity index (χ1n) is 10.6. The number of aliphatic carboxylic acids is 2. The molecule has 0 aromatic rings. The lowest BCUT2D eigenvalue weighted by molar-refractivity contribution is -0.145. The van der Waals surface area contributed by atoms with Crippen LogP contribution >= 0.6 is 0 Å². The Bertz CT molecular complexity index is 768. The minimum atomic E-state index is -1.24. The van der Waals surface area contributed by atoms with Crippen molar-refractivity contribution in [1.82, 2.24) is 15.5 Å². The predicted octanol–water partition coefficient (Wildman–Crippen LogP) is -2.70. The molecule has 0 saturated carbocycles. The van der Waals surface area contributed by atoms with E-state index in [1.54, 1.807) is 0 Å². The Morgan fingerprint density at radius 3 is 2.30 bits per heavy atom. The largest absolute Gasteiger partial charge is 0.481 e. The average molecular weight is 472 g/mol. The smallest absolute Gasteiger partial charge is 0.326 e. The van der Waals surface area contributed by atoms with Gasteiger partial charge in [-0.2, -0.15) is 0 Å². The third kappa shape index (κ3) is 9.31. The van der Waals surface area contributed by atoms with Crippen molar-refractivity contribution in [3.8, 4) is 0 Å². The van der Waals surface area contributed by atoms with Gasteiger partial charge < -0.3 is 42.9 Å². The number of carboxylic acid groups (broad SMARTS) is 2. The second kappa shape index (κ2) is 13.2. The first kappa shape index (κ1) is 27.6. The summed E-state index contributed by atoms with van der Waals surface area (Å²) in [5.41, 5.74) is 16.0. The van der Waals surface area contributed by atoms with Crippen LogP contribution in [0, 0.1) is 0 Å². The summed E-state index contributed by atoms with van der Waals surface area (Å²) in [6.07, 6.45) is 0.605. The Morgan fingerprint density at radius 1 is 1.09 bits per heavy atom. The molecular weight excluding hydrogens is 438 g/mol. The molecule has 0 aliphatic carbocycles. The maximum Gasteiger partial charge on any atom is 0.326 e. The standard InChI is InChI=1S/C19H33N7O7/c1-10(20)15(29)24-11(6-7-14(27)28)17(31)26-9-3-5-13(26)16(30)25-12(18(32)33)4-2-8-23-19(21)22/h10-13H,2-9,20H2,1H3,(H,24,29)(H,25,30)(H,27,28)(H,32,33)(H4,21,22,23)/t10-,11-,12-,13-/m0/s1. The van der Waals surface area contributed by atoms with Gasteiger partial charge in [-0.1, -0.05) is 0 Å². The fraction of sp³-hybridized carbons (Fsp3) is 0.684. The highest BCUT2D eigenvalue weighted by molar-refractivity contribution is 5.94. The second-order valence-corrected chi connectivity index (χ2v) is 7.82. The lowest BCUT2D eigenvalue weighted by atomic mass is 10.1. The summed E-state index contributed by atoms with van der Waals surface area (Å²) in [6, 6.07) is -4.25. The number of hydrogen-bond acceptors (Lipinski definition) is 7. The molecule has 1 saturated heterocycles. The highest BCUT2D eigenvalue weighted by Crippen LogP contribution is 2.20. The number of hydrogen-bond donors (Lipinski definition) is 7. The van der Waals surface area contributed by atoms with Crippen molar-refractivity contribution in [1.29, 1.82) is 0 Å². The third-order valence-electron chi connectivity index (χ3n) is 5.07. The number of carbonyl (C=O) groups is 5. The normalized spacial score (nSPS) is 18.0. The molecule has 0 radical (unpaired) electrons. The number of nitrogens with one attached hydrogen (secondary N) is 2. The van der Waals surface area contributed by atoms with Crippen LogP contribution in [0.1, 0.15) is 45.4 Å². The van der Waals surface area contributed by atoms with Gasteiger partial charge in [-0.3, -0.25) is 24.2 Å². The van der Waals surface area contributed by atoms with Crippen LogP contribution in [0.5, 0.6) is 0 Å². The van der Waals surface area contributed by atoms with E-state index < -0.39 is 53.8 Å². The van der Waals surface area contributed by atoms with Gasteiger partial charge in [0.15, 0.2) is 5.96 Å². The molecular formula is C19H33N7O7. The molecule has 1 aliphatic heterocycles. The Morgan fingerprint density at radius 2 is 1.76 bits per heavy atom. The van der Waals surface area contributed by atoms with Crippen LogP contribution in [0.25, 0.3) is 0 Å². The van der Waals surface area contributed by atoms with Crippen LogP contribution in [-0.2, 0) is 24.0 Å². The van der Waals surface area contributed by atoms with Crippen molar-refractivity contribution in [2.75, 3.05) is 13.1 Å². The van der Waals surface area contributed by atoms with E-state index in [1.807, 2.05) is 0 Å². The summed E-state index contributed by atoms with van der Waals surface area (Å²) in [5, 5.41) is 23.2. The molecule has 1 aliphatic rings. The molecule has 14 nitrogen and oxygen atoms in total. The molecule has 0 bridgehead atoms. The van der Waals surface area contributed by atoms with Gasteiger partial charge in [0, 0.05) is 19.5 Å². The van der Waals surface area contributed by atoms with Gasteiger partial charge in [0.1, 0.15) is 18.1 Å². The van der Waals surface area contributed by atoms with Crippen LogP contribution in [0.15, 0.2) is 4.99 Å². The number of carboxylic acids is 2. The number of nitrogens with two attached hydrogens (primary N) is 3. The van der Waals surface area contributed by atoms with Crippen LogP contribution in [0.4, 0.5) is 0 Å². The van der Waals surface area contributed by atoms with E-state index >= 15 is 0 Å². The van der Waals surface area contributed by atoms with Gasteiger partial charge in [-0.15, -0.1) is 0 Å². The Kier molecular flexibility index (Phi) is 11.0. The molecule has 0 unspecified atom stereocenters. The fourth-order valence-electron chi connectivity index (χ4n) is 3.36. The number of rotatable bonds is 13. The molecule has 33 heavy (non-hydrogen) atoms. The first-order chi connectivity index (χ1) is 15.4. The maximum atomic E-state index is 13.1. The zero-order valence-corrected chi connectivity index (χ0v) is 18.5. The first-order valence-corrected chi connectivity index (χ1v) is 10.6. The topological polar surface area (TPSA) is 244 Å². The summed E-state index contributed by atoms with van der Waals surface area (Å²) in [4.78, 5) is 65.4. The summed E-state index contributed by atoms with van der Waals surface area (Å²) >= 11 is 0. The third-order valence-corrected chi connectivity index (χ3v) is 5.07. The van der Waals surface area contributed by atoms with E-state index in [4.69, 9.17) is 22.3 Å². The van der Waals surface area contributed by atoms with E-state index in [2.05, 4.69) is 15.6 Å². The monoisotopic (exact) mass is 471 g/mol. The van der Waals surface area contributed by atoms with Crippen LogP contribution in [0.2, 0.25) is 0 Å². The van der Waals surface area contributed by atoms with Crippen molar-refractivity contribution < 1.29 is 34.2 Å². The summed E-state index contributed by atoms with van der Waals surface area (Å²) in [6.45, 7) is 1.82. The second-order valence-electron chi connectivity index (χ2n) is 7.82. The van der Waals surface area contributed by atoms with Gasteiger partial charge in [-0.05, 0) is 39.0 Å². The van der Waals surface area contributed by atoms with Crippen LogP contribution < -0.4 is 27.8 Å². The molecule has 1 rings (SSSR count). The number of amides is 3. The maximum absolute atomic E-state index is 13.1. The Balaban J connectivity index is 2.88. The summed E-state index contributed by atoms with van der Waals surface area (Å²) < 4.78 is 0. The fourth-order valence-corrected chi connectivity index (χ4v) is 3.36. The van der Waals surface area contributed by atoms with E-state index in [0.29, 0.717) is 19.3 Å². The van der Waals surface area contributed by atoms with E-state index in [0.717, 1.165) is 0 Å². The molecule has 1 fully saturated rings. The zero-order valence-electron chi connectivity index (χ0n) is 18.5. The molecule has 4 atom stereocenters. The number of guanidine groups is 1. The Labute approximate surface area is 190 Å².